The Bertz CT molecular complexity index is 1250. The second-order valence-corrected chi connectivity index (χ2v) is 7.77. The molecule has 0 aliphatic carbocycles. The number of ether oxygens (including phenoxy) is 2. The standard InChI is InChI=1S/C26H22N2O6/c1-16-7-12-22(33-2)21(13-16)27-23(29)15-34-26(32)18-10-8-17(9-11-18)14-28-24(30)19-5-3-4-6-20(19)25(28)31/h3-13H,14-15H2,1-2H3,(H,27,29). The van der Waals surface area contributed by atoms with Gasteiger partial charge in [0, 0.05) is 0 Å². The molecule has 0 atom stereocenters. The molecule has 1 N–H and O–H groups in total. The van der Waals surface area contributed by atoms with Crippen LogP contribution in [0.1, 0.15) is 42.2 Å². The number of carbonyl (C=O) groups is 4. The van der Waals surface area contributed by atoms with Crippen LogP contribution in [-0.2, 0) is 16.1 Å². The summed E-state index contributed by atoms with van der Waals surface area (Å²) in [5, 5.41) is 2.66. The maximum Gasteiger partial charge on any atom is 0.338 e. The fraction of sp³-hybridized carbons (Fsp3) is 0.154. The van der Waals surface area contributed by atoms with E-state index in [2.05, 4.69) is 5.32 Å². The van der Waals surface area contributed by atoms with Crippen molar-refractivity contribution in [2.45, 2.75) is 13.5 Å². The van der Waals surface area contributed by atoms with Crippen molar-refractivity contribution >= 4 is 29.4 Å². The van der Waals surface area contributed by atoms with Crippen molar-refractivity contribution in [3.8, 4) is 5.75 Å². The molecule has 4 rings (SSSR count). The summed E-state index contributed by atoms with van der Waals surface area (Å²) in [5.41, 5.74) is 3.11. The zero-order valence-electron chi connectivity index (χ0n) is 18.7. The van der Waals surface area contributed by atoms with Gasteiger partial charge >= 0.3 is 5.97 Å². The summed E-state index contributed by atoms with van der Waals surface area (Å²) in [7, 11) is 1.50. The van der Waals surface area contributed by atoms with Gasteiger partial charge < -0.3 is 14.8 Å². The van der Waals surface area contributed by atoms with Crippen LogP contribution in [-0.4, -0.2) is 42.3 Å². The van der Waals surface area contributed by atoms with Crippen molar-refractivity contribution in [1.82, 2.24) is 4.90 Å². The number of fused-ring (bicyclic) bond motifs is 1. The number of benzene rings is 3. The quantitative estimate of drug-likeness (QED) is 0.429. The van der Waals surface area contributed by atoms with Gasteiger partial charge in [-0.25, -0.2) is 4.79 Å². The minimum atomic E-state index is -0.668. The molecule has 8 nitrogen and oxygen atoms in total. The molecular formula is C26H22N2O6. The molecule has 0 saturated carbocycles. The first kappa shape index (κ1) is 22.7. The molecule has 3 amide bonds. The highest BCUT2D eigenvalue weighted by atomic mass is 16.5. The van der Waals surface area contributed by atoms with Gasteiger partial charge in [0.2, 0.25) is 0 Å². The molecule has 0 fully saturated rings. The number of nitrogens with zero attached hydrogens (tertiary/aromatic N) is 1. The van der Waals surface area contributed by atoms with Crippen LogP contribution in [0.25, 0.3) is 0 Å². The number of hydrogen-bond donors (Lipinski definition) is 1. The number of rotatable bonds is 7. The molecule has 3 aromatic carbocycles. The summed E-state index contributed by atoms with van der Waals surface area (Å²) >= 11 is 0. The summed E-state index contributed by atoms with van der Waals surface area (Å²) in [6.07, 6.45) is 0. The Balaban J connectivity index is 1.33. The molecule has 8 heteroatoms. The van der Waals surface area contributed by atoms with Crippen molar-refractivity contribution in [2.75, 3.05) is 19.0 Å². The number of nitrogens with one attached hydrogen (secondary N) is 1. The average molecular weight is 458 g/mol. The predicted molar refractivity (Wildman–Crippen MR) is 124 cm³/mol. The fourth-order valence-corrected chi connectivity index (χ4v) is 3.63. The number of methoxy groups -OCH3 is 1. The van der Waals surface area contributed by atoms with Crippen LogP contribution >= 0.6 is 0 Å². The number of imide groups is 1. The molecule has 0 spiro atoms. The molecule has 172 valence electrons. The number of amides is 3. The summed E-state index contributed by atoms with van der Waals surface area (Å²) in [4.78, 5) is 50.7. The van der Waals surface area contributed by atoms with E-state index in [1.54, 1.807) is 48.5 Å². The van der Waals surface area contributed by atoms with Crippen molar-refractivity contribution in [2.24, 2.45) is 0 Å². The van der Waals surface area contributed by atoms with E-state index in [0.29, 0.717) is 28.1 Å². The molecule has 0 radical (unpaired) electrons. The van der Waals surface area contributed by atoms with Crippen LogP contribution in [0, 0.1) is 6.92 Å². The molecule has 0 saturated heterocycles. The van der Waals surface area contributed by atoms with E-state index < -0.39 is 18.5 Å². The largest absolute Gasteiger partial charge is 0.495 e. The van der Waals surface area contributed by atoms with Gasteiger partial charge in [-0.05, 0) is 54.4 Å². The molecule has 0 bridgehead atoms. The van der Waals surface area contributed by atoms with Gasteiger partial charge in [-0.1, -0.05) is 30.3 Å². The van der Waals surface area contributed by atoms with Crippen molar-refractivity contribution in [3.63, 3.8) is 0 Å². The molecule has 0 aromatic heterocycles. The lowest BCUT2D eigenvalue weighted by atomic mass is 10.1. The van der Waals surface area contributed by atoms with Gasteiger partial charge in [0.25, 0.3) is 17.7 Å². The second-order valence-electron chi connectivity index (χ2n) is 7.77. The Morgan fingerprint density at radius 2 is 1.56 bits per heavy atom. The van der Waals surface area contributed by atoms with Crippen LogP contribution in [0.4, 0.5) is 5.69 Å². The Morgan fingerprint density at radius 1 is 0.912 bits per heavy atom. The summed E-state index contributed by atoms with van der Waals surface area (Å²) in [6, 6.07) is 18.3. The third-order valence-electron chi connectivity index (χ3n) is 5.37. The number of anilines is 1. The highest BCUT2D eigenvalue weighted by Gasteiger charge is 2.34. The predicted octanol–water partition coefficient (Wildman–Crippen LogP) is 3.60. The van der Waals surface area contributed by atoms with E-state index in [1.807, 2.05) is 13.0 Å². The van der Waals surface area contributed by atoms with Crippen LogP contribution in [0.2, 0.25) is 0 Å². The highest BCUT2D eigenvalue weighted by molar-refractivity contribution is 6.21. The van der Waals surface area contributed by atoms with Crippen LogP contribution in [0.3, 0.4) is 0 Å². The maximum absolute atomic E-state index is 12.5. The van der Waals surface area contributed by atoms with Gasteiger partial charge in [0.1, 0.15) is 5.75 Å². The molecule has 1 aliphatic heterocycles. The fourth-order valence-electron chi connectivity index (χ4n) is 3.63. The Morgan fingerprint density at radius 3 is 2.18 bits per heavy atom. The van der Waals surface area contributed by atoms with Gasteiger partial charge in [-0.15, -0.1) is 0 Å². The summed E-state index contributed by atoms with van der Waals surface area (Å²) < 4.78 is 10.3. The number of aryl methyl sites for hydroxylation is 1. The molecular weight excluding hydrogens is 436 g/mol. The number of hydrogen-bond acceptors (Lipinski definition) is 6. The first-order valence-corrected chi connectivity index (χ1v) is 10.5. The maximum atomic E-state index is 12.5. The zero-order chi connectivity index (χ0) is 24.2. The minimum Gasteiger partial charge on any atom is -0.495 e. The number of carbonyl (C=O) groups excluding carboxylic acids is 4. The lowest BCUT2D eigenvalue weighted by molar-refractivity contribution is -0.119. The lowest BCUT2D eigenvalue weighted by Crippen LogP contribution is -2.29. The highest BCUT2D eigenvalue weighted by Crippen LogP contribution is 2.26. The van der Waals surface area contributed by atoms with E-state index in [4.69, 9.17) is 9.47 Å². The monoisotopic (exact) mass is 458 g/mol. The molecule has 34 heavy (non-hydrogen) atoms. The normalized spacial score (nSPS) is 12.4. The second kappa shape index (κ2) is 9.58. The Hall–Kier alpha value is -4.46. The van der Waals surface area contributed by atoms with E-state index in [0.717, 1.165) is 5.56 Å². The summed E-state index contributed by atoms with van der Waals surface area (Å²) in [6.45, 7) is 1.50. The summed E-state index contributed by atoms with van der Waals surface area (Å²) in [5.74, 6) is -1.36. The first-order chi connectivity index (χ1) is 16.4. The average Bonchev–Trinajstić information content (AvgIpc) is 3.08. The van der Waals surface area contributed by atoms with Gasteiger partial charge in [0.15, 0.2) is 6.61 Å². The van der Waals surface area contributed by atoms with Crippen LogP contribution < -0.4 is 10.1 Å². The van der Waals surface area contributed by atoms with Gasteiger partial charge in [-0.2, -0.15) is 0 Å². The van der Waals surface area contributed by atoms with Crippen molar-refractivity contribution < 1.29 is 28.7 Å². The molecule has 0 unspecified atom stereocenters. The topological polar surface area (TPSA) is 102 Å². The molecule has 1 aliphatic rings. The van der Waals surface area contributed by atoms with E-state index in [-0.39, 0.29) is 23.9 Å². The Labute approximate surface area is 196 Å². The van der Waals surface area contributed by atoms with Crippen LogP contribution in [0.5, 0.6) is 5.75 Å². The van der Waals surface area contributed by atoms with Gasteiger partial charge in [0.05, 0.1) is 36.0 Å². The Kier molecular flexibility index (Phi) is 6.40. The smallest absolute Gasteiger partial charge is 0.338 e. The first-order valence-electron chi connectivity index (χ1n) is 10.5. The van der Waals surface area contributed by atoms with E-state index in [9.17, 15) is 19.2 Å². The van der Waals surface area contributed by atoms with Crippen molar-refractivity contribution in [3.05, 3.63) is 94.5 Å². The molecule has 3 aromatic rings. The SMILES string of the molecule is COc1ccc(C)cc1NC(=O)COC(=O)c1ccc(CN2C(=O)c3ccccc3C2=O)cc1. The molecule has 1 heterocycles. The lowest BCUT2D eigenvalue weighted by Gasteiger charge is -2.14. The van der Waals surface area contributed by atoms with E-state index >= 15 is 0 Å². The zero-order valence-corrected chi connectivity index (χ0v) is 18.7. The van der Waals surface area contributed by atoms with Crippen molar-refractivity contribution in [1.29, 1.82) is 0 Å². The van der Waals surface area contributed by atoms with Crippen LogP contribution in [0.15, 0.2) is 66.7 Å². The van der Waals surface area contributed by atoms with E-state index in [1.165, 1.54) is 24.1 Å². The number of esters is 1. The minimum absolute atomic E-state index is 0.0857. The van der Waals surface area contributed by atoms with Gasteiger partial charge in [-0.3, -0.25) is 19.3 Å². The third kappa shape index (κ3) is 4.66. The third-order valence-corrected chi connectivity index (χ3v) is 5.37.